The molecule has 4 N–H and O–H groups in total. The second-order valence-electron chi connectivity index (χ2n) is 8.37. The van der Waals surface area contributed by atoms with E-state index in [2.05, 4.69) is 15.4 Å². The number of piperidine rings is 1. The summed E-state index contributed by atoms with van der Waals surface area (Å²) in [5, 5.41) is 10.5. The van der Waals surface area contributed by atoms with Crippen LogP contribution in [0.5, 0.6) is 5.75 Å². The van der Waals surface area contributed by atoms with Crippen molar-refractivity contribution in [3.8, 4) is 5.75 Å². The molecule has 3 rings (SSSR count). The molecule has 1 aromatic rings. The first-order valence-electron chi connectivity index (χ1n) is 10.4. The van der Waals surface area contributed by atoms with E-state index in [0.717, 1.165) is 12.1 Å². The van der Waals surface area contributed by atoms with E-state index in [1.54, 1.807) is 17.9 Å². The number of alkyl halides is 3. The first-order chi connectivity index (χ1) is 15.7. The Bertz CT molecular complexity index is 1090. The molecule has 0 saturated carbocycles. The number of nitrogens with one attached hydrogen (secondary N) is 2. The van der Waals surface area contributed by atoms with Gasteiger partial charge >= 0.3 is 12.4 Å². The maximum absolute atomic E-state index is 13.1. The Morgan fingerprint density at radius 2 is 1.79 bits per heavy atom. The van der Waals surface area contributed by atoms with Crippen LogP contribution in [0.3, 0.4) is 0 Å². The van der Waals surface area contributed by atoms with Crippen LogP contribution < -0.4 is 20.5 Å². The molecule has 13 heteroatoms. The van der Waals surface area contributed by atoms with Crippen molar-refractivity contribution in [2.75, 3.05) is 18.4 Å². The zero-order valence-corrected chi connectivity index (χ0v) is 19.1. The van der Waals surface area contributed by atoms with E-state index in [9.17, 15) is 31.2 Å². The predicted molar refractivity (Wildman–Crippen MR) is 118 cm³/mol. The molecule has 1 saturated heterocycles. The van der Waals surface area contributed by atoms with Crippen LogP contribution in [0.4, 0.5) is 23.7 Å². The Kier molecular flexibility index (Phi) is 7.26. The van der Waals surface area contributed by atoms with Gasteiger partial charge in [-0.2, -0.15) is 0 Å². The number of sulfonamides is 1. The highest BCUT2D eigenvalue weighted by Gasteiger charge is 2.39. The van der Waals surface area contributed by atoms with Crippen LogP contribution in [0.1, 0.15) is 26.2 Å². The Labute approximate surface area is 194 Å². The molecule has 1 fully saturated rings. The normalized spacial score (nSPS) is 21.6. The summed E-state index contributed by atoms with van der Waals surface area (Å²) in [6.07, 6.45) is 0.706. The van der Waals surface area contributed by atoms with Crippen molar-refractivity contribution < 1.29 is 35.9 Å². The second kappa shape index (κ2) is 9.66. The van der Waals surface area contributed by atoms with Crippen LogP contribution in [-0.4, -0.2) is 50.7 Å². The molecule has 1 aliphatic carbocycles. The van der Waals surface area contributed by atoms with E-state index < -0.39 is 33.6 Å². The zero-order valence-electron chi connectivity index (χ0n) is 18.3. The van der Waals surface area contributed by atoms with Gasteiger partial charge in [0.05, 0.1) is 10.3 Å². The molecule has 0 aromatic heterocycles. The number of carbonyl (C=O) groups excluding carboxylic acids is 2. The fraction of sp³-hybridized carbons (Fsp3) is 0.429. The van der Waals surface area contributed by atoms with Crippen LogP contribution in [0, 0.1) is 5.41 Å². The molecule has 34 heavy (non-hydrogen) atoms. The highest BCUT2D eigenvalue weighted by molar-refractivity contribution is 7.93. The van der Waals surface area contributed by atoms with Gasteiger partial charge in [0.2, 0.25) is 15.9 Å². The van der Waals surface area contributed by atoms with Gasteiger partial charge in [0.15, 0.2) is 0 Å². The quantitative estimate of drug-likeness (QED) is 0.570. The average molecular weight is 503 g/mol. The molecule has 1 heterocycles. The van der Waals surface area contributed by atoms with Gasteiger partial charge in [-0.15, -0.1) is 13.2 Å². The number of benzene rings is 1. The number of hydrogen-bond donors (Lipinski definition) is 3. The number of anilines is 1. The van der Waals surface area contributed by atoms with Crippen molar-refractivity contribution in [1.82, 2.24) is 10.2 Å². The summed E-state index contributed by atoms with van der Waals surface area (Å²) >= 11 is 0. The van der Waals surface area contributed by atoms with Gasteiger partial charge in [0, 0.05) is 31.2 Å². The molecule has 0 spiro atoms. The monoisotopic (exact) mass is 502 g/mol. The molecule has 186 valence electrons. The summed E-state index contributed by atoms with van der Waals surface area (Å²) in [7, 11) is -3.89. The lowest BCUT2D eigenvalue weighted by Crippen LogP contribution is -2.51. The number of primary sulfonamides is 1. The van der Waals surface area contributed by atoms with Crippen LogP contribution in [0.2, 0.25) is 0 Å². The Balaban J connectivity index is 1.48. The Morgan fingerprint density at radius 3 is 2.35 bits per heavy atom. The van der Waals surface area contributed by atoms with Gasteiger partial charge in [-0.05, 0) is 50.1 Å². The topological polar surface area (TPSA) is 131 Å². The predicted octanol–water partition coefficient (Wildman–Crippen LogP) is 2.84. The van der Waals surface area contributed by atoms with Gasteiger partial charge in [0.25, 0.3) is 0 Å². The number of allylic oxidation sites excluding steroid dienone is 3. The van der Waals surface area contributed by atoms with E-state index in [4.69, 9.17) is 5.14 Å². The number of likely N-dealkylation sites (tertiary alicyclic amines) is 1. The van der Waals surface area contributed by atoms with E-state index in [-0.39, 0.29) is 29.0 Å². The summed E-state index contributed by atoms with van der Waals surface area (Å²) in [4.78, 5) is 26.9. The number of halogens is 3. The number of urea groups is 1. The molecular weight excluding hydrogens is 477 g/mol. The lowest BCUT2D eigenvalue weighted by molar-refractivity contribution is -0.274. The molecule has 2 aliphatic rings. The Morgan fingerprint density at radius 1 is 1.18 bits per heavy atom. The first-order valence-corrected chi connectivity index (χ1v) is 11.9. The lowest BCUT2D eigenvalue weighted by atomic mass is 9.81. The maximum atomic E-state index is 13.1. The van der Waals surface area contributed by atoms with Crippen molar-refractivity contribution in [2.45, 2.75) is 38.6 Å². The minimum absolute atomic E-state index is 0.00271. The zero-order chi connectivity index (χ0) is 25.1. The number of ether oxygens (including phenoxy) is 1. The third-order valence-electron chi connectivity index (χ3n) is 5.60. The summed E-state index contributed by atoms with van der Waals surface area (Å²) in [6, 6.07) is 3.99. The molecule has 1 aromatic carbocycles. The molecule has 9 nitrogen and oxygen atoms in total. The summed E-state index contributed by atoms with van der Waals surface area (Å²) < 4.78 is 63.8. The molecular formula is C21H25F3N4O5S. The van der Waals surface area contributed by atoms with E-state index in [0.29, 0.717) is 25.9 Å². The minimum atomic E-state index is -4.80. The first kappa shape index (κ1) is 25.6. The maximum Gasteiger partial charge on any atom is 0.573 e. The fourth-order valence-electron chi connectivity index (χ4n) is 3.87. The standard InChI is InChI=1S/C21H25F3N4O5S/c1-20(10-2-3-17(13-20)34(25,31)32)18(29)28-11-8-15(9-12-28)27-19(30)26-14-4-6-16(7-5-14)33-21(22,23)24/h2-7,10,15H,8-9,11-13H2,1H3,(H2,25,31,32)(H2,26,27,30). The summed E-state index contributed by atoms with van der Waals surface area (Å²) in [6.45, 7) is 2.39. The number of rotatable bonds is 5. The largest absolute Gasteiger partial charge is 0.573 e. The Hall–Kier alpha value is -3.06. The molecule has 1 aliphatic heterocycles. The van der Waals surface area contributed by atoms with Gasteiger partial charge in [-0.1, -0.05) is 12.2 Å². The fourth-order valence-corrected chi connectivity index (χ4v) is 4.64. The molecule has 1 atom stereocenters. The molecule has 1 unspecified atom stereocenters. The lowest BCUT2D eigenvalue weighted by Gasteiger charge is -2.38. The third-order valence-corrected chi connectivity index (χ3v) is 6.62. The summed E-state index contributed by atoms with van der Waals surface area (Å²) in [5.74, 6) is -0.620. The van der Waals surface area contributed by atoms with E-state index >= 15 is 0 Å². The van der Waals surface area contributed by atoms with E-state index in [1.165, 1.54) is 24.3 Å². The SMILES string of the molecule is CC1(C(=O)N2CCC(NC(=O)Nc3ccc(OC(F)(F)F)cc3)CC2)C=CC=C(S(N)(=O)=O)C1. The summed E-state index contributed by atoms with van der Waals surface area (Å²) in [5.41, 5.74) is -0.744. The molecule has 0 radical (unpaired) electrons. The highest BCUT2D eigenvalue weighted by atomic mass is 32.2. The third kappa shape index (κ3) is 6.73. The van der Waals surface area contributed by atoms with Crippen LogP contribution in [0.15, 0.2) is 47.4 Å². The average Bonchev–Trinajstić information content (AvgIpc) is 2.73. The van der Waals surface area contributed by atoms with Gasteiger partial charge in [-0.3, -0.25) is 4.79 Å². The smallest absolute Gasteiger partial charge is 0.406 e. The highest BCUT2D eigenvalue weighted by Crippen LogP contribution is 2.35. The van der Waals surface area contributed by atoms with Crippen LogP contribution >= 0.6 is 0 Å². The second-order valence-corrected chi connectivity index (χ2v) is 9.98. The molecule has 3 amide bonds. The van der Waals surface area contributed by atoms with Gasteiger partial charge in [-0.25, -0.2) is 18.4 Å². The van der Waals surface area contributed by atoms with Crippen LogP contribution in [-0.2, 0) is 14.8 Å². The van der Waals surface area contributed by atoms with Crippen molar-refractivity contribution in [1.29, 1.82) is 0 Å². The van der Waals surface area contributed by atoms with Crippen LogP contribution in [0.25, 0.3) is 0 Å². The number of hydrogen-bond acceptors (Lipinski definition) is 5. The molecule has 0 bridgehead atoms. The number of amides is 3. The van der Waals surface area contributed by atoms with Crippen molar-refractivity contribution in [3.05, 3.63) is 47.4 Å². The van der Waals surface area contributed by atoms with E-state index in [1.807, 2.05) is 0 Å². The number of carbonyl (C=O) groups is 2. The number of nitrogens with zero attached hydrogens (tertiary/aromatic N) is 1. The van der Waals surface area contributed by atoms with Crippen molar-refractivity contribution in [2.24, 2.45) is 10.6 Å². The van der Waals surface area contributed by atoms with Crippen molar-refractivity contribution >= 4 is 27.6 Å². The van der Waals surface area contributed by atoms with Gasteiger partial charge in [0.1, 0.15) is 5.75 Å². The van der Waals surface area contributed by atoms with Gasteiger partial charge < -0.3 is 20.3 Å². The minimum Gasteiger partial charge on any atom is -0.406 e. The van der Waals surface area contributed by atoms with Crippen molar-refractivity contribution in [3.63, 3.8) is 0 Å². The number of nitrogens with two attached hydrogens (primary N) is 1.